The summed E-state index contributed by atoms with van der Waals surface area (Å²) in [4.78, 5) is 34.7. The molecule has 0 unspecified atom stereocenters. The maximum atomic E-state index is 13.5. The lowest BCUT2D eigenvalue weighted by atomic mass is 10.1. The van der Waals surface area contributed by atoms with Crippen molar-refractivity contribution in [1.82, 2.24) is 20.2 Å². The predicted molar refractivity (Wildman–Crippen MR) is 146 cm³/mol. The summed E-state index contributed by atoms with van der Waals surface area (Å²) in [5.74, 6) is 7.01. The van der Waals surface area contributed by atoms with Crippen molar-refractivity contribution in [3.63, 3.8) is 0 Å². The normalized spacial score (nSPS) is 16.7. The van der Waals surface area contributed by atoms with E-state index in [2.05, 4.69) is 44.7 Å². The quantitative estimate of drug-likeness (QED) is 0.430. The average Bonchev–Trinajstić information content (AvgIpc) is 3.28. The van der Waals surface area contributed by atoms with E-state index in [1.807, 2.05) is 0 Å². The molecule has 1 aliphatic rings. The molecule has 204 valence electrons. The van der Waals surface area contributed by atoms with Gasteiger partial charge in [0.25, 0.3) is 0 Å². The van der Waals surface area contributed by atoms with Crippen molar-refractivity contribution in [3.8, 4) is 11.8 Å². The number of ether oxygens (including phenoxy) is 1. The zero-order valence-electron chi connectivity index (χ0n) is 22.7. The maximum Gasteiger partial charge on any atom is 0.410 e. The Balaban J connectivity index is 1.58. The van der Waals surface area contributed by atoms with Gasteiger partial charge in [-0.2, -0.15) is 4.98 Å². The van der Waals surface area contributed by atoms with Gasteiger partial charge in [0.1, 0.15) is 23.8 Å². The van der Waals surface area contributed by atoms with Crippen LogP contribution in [0.3, 0.4) is 0 Å². The van der Waals surface area contributed by atoms with Gasteiger partial charge in [0, 0.05) is 31.2 Å². The average molecular weight is 525 g/mol. The third kappa shape index (κ3) is 9.21. The highest BCUT2D eigenvalue weighted by Crippen LogP contribution is 2.25. The second-order valence-electron chi connectivity index (χ2n) is 10.4. The molecule has 0 radical (unpaired) electrons. The van der Waals surface area contributed by atoms with Gasteiger partial charge >= 0.3 is 6.09 Å². The minimum atomic E-state index is -0.617. The number of amides is 2. The second kappa shape index (κ2) is 13.1. The van der Waals surface area contributed by atoms with E-state index in [-0.39, 0.29) is 30.2 Å². The Bertz CT molecular complexity index is 1190. The first-order chi connectivity index (χ1) is 18.0. The Morgan fingerprint density at radius 3 is 2.76 bits per heavy atom. The molecule has 1 aliphatic carbocycles. The van der Waals surface area contributed by atoms with E-state index in [1.165, 1.54) is 17.0 Å². The number of carbonyl (C=O) groups excluding carboxylic acids is 2. The number of nitrogens with zero attached hydrogens (tertiary/aromatic N) is 3. The van der Waals surface area contributed by atoms with Gasteiger partial charge in [0.15, 0.2) is 0 Å². The van der Waals surface area contributed by atoms with Crippen LogP contribution in [0.4, 0.5) is 26.6 Å². The summed E-state index contributed by atoms with van der Waals surface area (Å²) in [7, 11) is 1.54. The third-order valence-electron chi connectivity index (χ3n) is 5.71. The molecule has 2 amide bonds. The molecule has 3 rings (SSSR count). The Morgan fingerprint density at radius 2 is 2.05 bits per heavy atom. The molecule has 10 heteroatoms. The first-order valence-electron chi connectivity index (χ1n) is 12.9. The number of anilines is 3. The highest BCUT2D eigenvalue weighted by atomic mass is 19.1. The number of likely N-dealkylation sites (N-methyl/N-ethyl adjacent to an activating group) is 1. The van der Waals surface area contributed by atoms with Gasteiger partial charge in [0.2, 0.25) is 11.9 Å². The van der Waals surface area contributed by atoms with Crippen molar-refractivity contribution in [2.45, 2.75) is 65.0 Å². The standard InChI is InChI=1S/C28H37FN6O3/c1-6-14-30-25-20(17-31-26(34-25)33-22-9-7-8-21(29)16-22)12-10-19-11-13-23(15-19)32-24(36)18-35(5)27(37)38-28(2,3)4/h7-9,16-17,19,23H,6,11,13-15,18H2,1-5H3,(H,32,36)(H2,30,31,33,34)/t19-,23+/m1/s1. The molecule has 1 saturated carbocycles. The lowest BCUT2D eigenvalue weighted by Gasteiger charge is -2.24. The third-order valence-corrected chi connectivity index (χ3v) is 5.71. The van der Waals surface area contributed by atoms with Gasteiger partial charge in [-0.1, -0.05) is 24.8 Å². The van der Waals surface area contributed by atoms with E-state index < -0.39 is 11.7 Å². The Kier molecular flexibility index (Phi) is 9.88. The Labute approximate surface area is 224 Å². The van der Waals surface area contributed by atoms with Crippen LogP contribution in [0, 0.1) is 23.6 Å². The number of nitrogens with one attached hydrogen (secondary N) is 3. The first kappa shape index (κ1) is 28.7. The lowest BCUT2D eigenvalue weighted by molar-refractivity contribution is -0.122. The molecular formula is C28H37FN6O3. The topological polar surface area (TPSA) is 108 Å². The van der Waals surface area contributed by atoms with Crippen molar-refractivity contribution in [2.24, 2.45) is 5.92 Å². The molecule has 38 heavy (non-hydrogen) atoms. The Morgan fingerprint density at radius 1 is 1.26 bits per heavy atom. The highest BCUT2D eigenvalue weighted by Gasteiger charge is 2.26. The predicted octanol–water partition coefficient (Wildman–Crippen LogP) is 4.68. The van der Waals surface area contributed by atoms with Crippen LogP contribution in [0.25, 0.3) is 0 Å². The summed E-state index contributed by atoms with van der Waals surface area (Å²) in [6.07, 6.45) is 4.44. The van der Waals surface area contributed by atoms with E-state index >= 15 is 0 Å². The van der Waals surface area contributed by atoms with Crippen LogP contribution in [-0.2, 0) is 9.53 Å². The van der Waals surface area contributed by atoms with Crippen LogP contribution < -0.4 is 16.0 Å². The number of benzene rings is 1. The van der Waals surface area contributed by atoms with Crippen LogP contribution in [-0.4, -0.2) is 58.6 Å². The second-order valence-corrected chi connectivity index (χ2v) is 10.4. The molecule has 1 aromatic carbocycles. The zero-order chi connectivity index (χ0) is 27.7. The fraction of sp³-hybridized carbons (Fsp3) is 0.500. The van der Waals surface area contributed by atoms with E-state index in [9.17, 15) is 14.0 Å². The maximum absolute atomic E-state index is 13.5. The van der Waals surface area contributed by atoms with Gasteiger partial charge < -0.3 is 25.6 Å². The van der Waals surface area contributed by atoms with Crippen LogP contribution in [0.15, 0.2) is 30.5 Å². The molecule has 1 heterocycles. The number of carbonyl (C=O) groups is 2. The molecular weight excluding hydrogens is 487 g/mol. The summed E-state index contributed by atoms with van der Waals surface area (Å²) in [6.45, 7) is 8.06. The summed E-state index contributed by atoms with van der Waals surface area (Å²) >= 11 is 0. The van der Waals surface area contributed by atoms with Crippen LogP contribution in [0.1, 0.15) is 58.9 Å². The van der Waals surface area contributed by atoms with Crippen molar-refractivity contribution in [2.75, 3.05) is 30.8 Å². The van der Waals surface area contributed by atoms with Crippen LogP contribution >= 0.6 is 0 Å². The molecule has 9 nitrogen and oxygen atoms in total. The monoisotopic (exact) mass is 524 g/mol. The van der Waals surface area contributed by atoms with Gasteiger partial charge in [-0.3, -0.25) is 4.79 Å². The molecule has 0 spiro atoms. The number of rotatable bonds is 8. The minimum absolute atomic E-state index is 0.000572. The Hall–Kier alpha value is -3.87. The summed E-state index contributed by atoms with van der Waals surface area (Å²) in [5.41, 5.74) is 0.616. The molecule has 2 aromatic rings. The molecule has 1 fully saturated rings. The van der Waals surface area contributed by atoms with Gasteiger partial charge in [-0.15, -0.1) is 0 Å². The van der Waals surface area contributed by atoms with Crippen LogP contribution in [0.5, 0.6) is 0 Å². The molecule has 0 saturated heterocycles. The van der Waals surface area contributed by atoms with Gasteiger partial charge in [-0.05, 0) is 64.7 Å². The SMILES string of the molecule is CCCNc1nc(Nc2cccc(F)c2)ncc1C#C[C@@H]1CC[C@H](NC(=O)CN(C)C(=O)OC(C)(C)C)C1. The van der Waals surface area contributed by atoms with Crippen molar-refractivity contribution in [1.29, 1.82) is 0 Å². The van der Waals surface area contributed by atoms with E-state index in [4.69, 9.17) is 4.74 Å². The van der Waals surface area contributed by atoms with Crippen molar-refractivity contribution in [3.05, 3.63) is 41.8 Å². The largest absolute Gasteiger partial charge is 0.444 e. The summed E-state index contributed by atoms with van der Waals surface area (Å²) in [5, 5.41) is 9.30. The first-order valence-corrected chi connectivity index (χ1v) is 12.9. The molecule has 0 aliphatic heterocycles. The summed E-state index contributed by atoms with van der Waals surface area (Å²) < 4.78 is 18.8. The molecule has 2 atom stereocenters. The number of halogens is 1. The van der Waals surface area contributed by atoms with Gasteiger partial charge in [-0.25, -0.2) is 14.2 Å². The molecule has 3 N–H and O–H groups in total. The highest BCUT2D eigenvalue weighted by molar-refractivity contribution is 5.82. The van der Waals surface area contributed by atoms with Crippen molar-refractivity contribution < 1.29 is 18.7 Å². The van der Waals surface area contributed by atoms with Crippen LogP contribution in [0.2, 0.25) is 0 Å². The molecule has 1 aromatic heterocycles. The van der Waals surface area contributed by atoms with E-state index in [0.29, 0.717) is 23.0 Å². The lowest BCUT2D eigenvalue weighted by Crippen LogP contribution is -2.43. The fourth-order valence-corrected chi connectivity index (χ4v) is 3.92. The number of aromatic nitrogens is 2. The minimum Gasteiger partial charge on any atom is -0.444 e. The van der Waals surface area contributed by atoms with Crippen molar-refractivity contribution >= 4 is 29.5 Å². The van der Waals surface area contributed by atoms with E-state index in [0.717, 1.165) is 32.2 Å². The summed E-state index contributed by atoms with van der Waals surface area (Å²) in [6, 6.07) is 6.11. The smallest absolute Gasteiger partial charge is 0.410 e. The molecule has 0 bridgehead atoms. The number of hydrogen-bond acceptors (Lipinski definition) is 7. The number of hydrogen-bond donors (Lipinski definition) is 3. The zero-order valence-corrected chi connectivity index (χ0v) is 22.7. The fourth-order valence-electron chi connectivity index (χ4n) is 3.92. The van der Waals surface area contributed by atoms with Gasteiger partial charge in [0.05, 0.1) is 11.8 Å². The van der Waals surface area contributed by atoms with E-state index in [1.54, 1.807) is 46.1 Å².